The highest BCUT2D eigenvalue weighted by Gasteiger charge is 2.11. The molecule has 0 radical (unpaired) electrons. The molecule has 2 aromatic heterocycles. The molecule has 0 unspecified atom stereocenters. The van der Waals surface area contributed by atoms with E-state index in [4.69, 9.17) is 0 Å². The number of halogens is 1. The molecule has 0 amide bonds. The first kappa shape index (κ1) is 9.86. The Morgan fingerprint density at radius 1 is 1.57 bits per heavy atom. The summed E-state index contributed by atoms with van der Waals surface area (Å²) in [5, 5.41) is 0. The van der Waals surface area contributed by atoms with Crippen LogP contribution in [0.3, 0.4) is 0 Å². The van der Waals surface area contributed by atoms with Crippen molar-refractivity contribution in [1.29, 1.82) is 0 Å². The van der Waals surface area contributed by atoms with Crippen LogP contribution in [0, 0.1) is 6.92 Å². The second kappa shape index (κ2) is 3.47. The number of aromatic nitrogens is 2. The normalized spacial score (nSPS) is 11.1. The Labute approximate surface area is 93.3 Å². The van der Waals surface area contributed by atoms with E-state index < -0.39 is 0 Å². The summed E-state index contributed by atoms with van der Waals surface area (Å²) in [4.78, 5) is 19.9. The molecule has 0 aliphatic heterocycles. The molecule has 3 nitrogen and oxygen atoms in total. The summed E-state index contributed by atoms with van der Waals surface area (Å²) in [6.07, 6.45) is 0.743. The molecule has 5 heteroatoms. The van der Waals surface area contributed by atoms with Crippen molar-refractivity contribution in [3.63, 3.8) is 0 Å². The van der Waals surface area contributed by atoms with Gasteiger partial charge in [-0.05, 0) is 22.9 Å². The average molecular weight is 273 g/mol. The second-order valence-corrected chi connectivity index (χ2v) is 5.03. The van der Waals surface area contributed by atoms with Gasteiger partial charge >= 0.3 is 0 Å². The number of H-pyrrole nitrogens is 1. The van der Waals surface area contributed by atoms with E-state index in [9.17, 15) is 4.79 Å². The quantitative estimate of drug-likeness (QED) is 0.868. The lowest BCUT2D eigenvalue weighted by Gasteiger charge is -1.95. The summed E-state index contributed by atoms with van der Waals surface area (Å²) < 4.78 is 1.64. The number of thiophene rings is 1. The van der Waals surface area contributed by atoms with Crippen LogP contribution in [0.1, 0.15) is 17.6 Å². The first-order valence-corrected chi connectivity index (χ1v) is 5.92. The summed E-state index contributed by atoms with van der Waals surface area (Å²) in [6, 6.07) is 0. The molecule has 2 heterocycles. The Morgan fingerprint density at radius 3 is 2.93 bits per heavy atom. The van der Waals surface area contributed by atoms with Crippen molar-refractivity contribution in [2.75, 3.05) is 0 Å². The number of hydrogen-bond donors (Lipinski definition) is 1. The van der Waals surface area contributed by atoms with Crippen LogP contribution in [0.2, 0.25) is 0 Å². The van der Waals surface area contributed by atoms with Gasteiger partial charge < -0.3 is 4.98 Å². The molecule has 0 aliphatic rings. The summed E-state index contributed by atoms with van der Waals surface area (Å²) in [7, 11) is 0. The minimum Gasteiger partial charge on any atom is -0.309 e. The number of nitrogens with one attached hydrogen (secondary N) is 1. The topological polar surface area (TPSA) is 45.8 Å². The Bertz CT molecular complexity index is 543. The molecule has 0 spiro atoms. The van der Waals surface area contributed by atoms with Gasteiger partial charge in [0.25, 0.3) is 5.56 Å². The molecular weight excluding hydrogens is 264 g/mol. The molecule has 74 valence electrons. The van der Waals surface area contributed by atoms with E-state index in [-0.39, 0.29) is 5.56 Å². The molecule has 0 fully saturated rings. The monoisotopic (exact) mass is 272 g/mol. The van der Waals surface area contributed by atoms with E-state index >= 15 is 0 Å². The van der Waals surface area contributed by atoms with Crippen LogP contribution in [0.15, 0.2) is 9.27 Å². The Balaban J connectivity index is 2.91. The van der Waals surface area contributed by atoms with E-state index in [0.29, 0.717) is 4.70 Å². The Hall–Kier alpha value is -0.680. The third-order valence-corrected chi connectivity index (χ3v) is 4.36. The summed E-state index contributed by atoms with van der Waals surface area (Å²) >= 11 is 4.91. The van der Waals surface area contributed by atoms with E-state index in [1.807, 2.05) is 13.8 Å². The van der Waals surface area contributed by atoms with Crippen molar-refractivity contribution in [2.24, 2.45) is 0 Å². The number of aromatic amines is 1. The van der Waals surface area contributed by atoms with Crippen LogP contribution in [-0.4, -0.2) is 9.97 Å². The van der Waals surface area contributed by atoms with Crippen LogP contribution in [-0.2, 0) is 6.42 Å². The number of nitrogens with zero attached hydrogens (tertiary/aromatic N) is 1. The summed E-state index contributed by atoms with van der Waals surface area (Å²) in [5.74, 6) is 0.737. The van der Waals surface area contributed by atoms with Crippen molar-refractivity contribution in [2.45, 2.75) is 20.3 Å². The molecule has 2 rings (SSSR count). The van der Waals surface area contributed by atoms with Crippen LogP contribution in [0.25, 0.3) is 10.2 Å². The fraction of sp³-hybridized carbons (Fsp3) is 0.333. The van der Waals surface area contributed by atoms with Gasteiger partial charge in [0, 0.05) is 11.3 Å². The zero-order chi connectivity index (χ0) is 10.3. The van der Waals surface area contributed by atoms with Gasteiger partial charge in [-0.2, -0.15) is 0 Å². The van der Waals surface area contributed by atoms with Crippen molar-refractivity contribution in [1.82, 2.24) is 9.97 Å². The van der Waals surface area contributed by atoms with E-state index in [1.54, 1.807) is 0 Å². The van der Waals surface area contributed by atoms with Crippen LogP contribution < -0.4 is 5.56 Å². The molecule has 14 heavy (non-hydrogen) atoms. The van der Waals surface area contributed by atoms with Crippen molar-refractivity contribution in [3.8, 4) is 0 Å². The molecular formula is C9H9BrN2OS. The first-order chi connectivity index (χ1) is 6.63. The fourth-order valence-electron chi connectivity index (χ4n) is 1.28. The first-order valence-electron chi connectivity index (χ1n) is 4.31. The molecule has 0 atom stereocenters. The van der Waals surface area contributed by atoms with Gasteiger partial charge in [0.2, 0.25) is 0 Å². The van der Waals surface area contributed by atoms with Crippen molar-refractivity contribution >= 4 is 37.5 Å². The van der Waals surface area contributed by atoms with Crippen molar-refractivity contribution in [3.05, 3.63) is 25.5 Å². The zero-order valence-electron chi connectivity index (χ0n) is 7.85. The van der Waals surface area contributed by atoms with Crippen molar-refractivity contribution < 1.29 is 0 Å². The average Bonchev–Trinajstić information content (AvgIpc) is 2.45. The minimum atomic E-state index is -0.0364. The van der Waals surface area contributed by atoms with Gasteiger partial charge in [-0.25, -0.2) is 4.98 Å². The molecule has 2 aromatic rings. The largest absolute Gasteiger partial charge is 0.309 e. The fourth-order valence-corrected chi connectivity index (χ4v) is 2.83. The van der Waals surface area contributed by atoms with E-state index in [2.05, 4.69) is 25.9 Å². The minimum absolute atomic E-state index is 0.0364. The lowest BCUT2D eigenvalue weighted by atomic mass is 10.4. The number of rotatable bonds is 1. The van der Waals surface area contributed by atoms with Crippen LogP contribution in [0.4, 0.5) is 0 Å². The van der Waals surface area contributed by atoms with Gasteiger partial charge in [-0.15, -0.1) is 11.3 Å². The summed E-state index contributed by atoms with van der Waals surface area (Å²) in [6.45, 7) is 3.94. The summed E-state index contributed by atoms with van der Waals surface area (Å²) in [5.41, 5.74) is 0.749. The zero-order valence-corrected chi connectivity index (χ0v) is 10.3. The predicted molar refractivity (Wildman–Crippen MR) is 62.1 cm³/mol. The Morgan fingerprint density at radius 2 is 2.29 bits per heavy atom. The van der Waals surface area contributed by atoms with Gasteiger partial charge in [0.05, 0.1) is 4.47 Å². The van der Waals surface area contributed by atoms with Gasteiger partial charge in [-0.1, -0.05) is 6.92 Å². The second-order valence-electron chi connectivity index (χ2n) is 3.02. The Kier molecular flexibility index (Phi) is 2.45. The number of fused-ring (bicyclic) bond motifs is 1. The lowest BCUT2D eigenvalue weighted by molar-refractivity contribution is 0.945. The molecule has 0 aliphatic carbocycles. The smallest absolute Gasteiger partial charge is 0.268 e. The highest BCUT2D eigenvalue weighted by Crippen LogP contribution is 2.31. The maximum Gasteiger partial charge on any atom is 0.268 e. The molecule has 0 saturated carbocycles. The molecule has 0 aromatic carbocycles. The molecule has 1 N–H and O–H groups in total. The third-order valence-electron chi connectivity index (χ3n) is 2.03. The predicted octanol–water partition coefficient (Wildman–Crippen LogP) is 2.62. The number of aryl methyl sites for hydroxylation is 2. The third kappa shape index (κ3) is 1.40. The highest BCUT2D eigenvalue weighted by molar-refractivity contribution is 9.10. The number of hydrogen-bond acceptors (Lipinski definition) is 3. The SMILES string of the molecule is CCc1nc2c(Br)c(C)sc2c(=O)[nH]1. The van der Waals surface area contributed by atoms with Gasteiger partial charge in [0.15, 0.2) is 0 Å². The van der Waals surface area contributed by atoms with Gasteiger partial charge in [0.1, 0.15) is 16.0 Å². The maximum atomic E-state index is 11.6. The lowest BCUT2D eigenvalue weighted by Crippen LogP contribution is -2.09. The highest BCUT2D eigenvalue weighted by atomic mass is 79.9. The van der Waals surface area contributed by atoms with E-state index in [0.717, 1.165) is 27.1 Å². The van der Waals surface area contributed by atoms with E-state index in [1.165, 1.54) is 11.3 Å². The van der Waals surface area contributed by atoms with Crippen LogP contribution in [0.5, 0.6) is 0 Å². The maximum absolute atomic E-state index is 11.6. The van der Waals surface area contributed by atoms with Crippen LogP contribution >= 0.6 is 27.3 Å². The molecule has 0 bridgehead atoms. The standard InChI is InChI=1S/C9H9BrN2OS/c1-3-5-11-7-6(10)4(2)14-8(7)9(13)12-5/h3H2,1-2H3,(H,11,12,13). The van der Waals surface area contributed by atoms with Gasteiger partial charge in [-0.3, -0.25) is 4.79 Å². The molecule has 0 saturated heterocycles.